The minimum atomic E-state index is -0.313. The van der Waals surface area contributed by atoms with E-state index in [4.69, 9.17) is 17.4 Å². The van der Waals surface area contributed by atoms with Crippen molar-refractivity contribution in [3.8, 4) is 0 Å². The molecular formula is C14H22ClFN2. The lowest BCUT2D eigenvalue weighted by Gasteiger charge is -2.30. The van der Waals surface area contributed by atoms with Gasteiger partial charge in [0.1, 0.15) is 5.82 Å². The van der Waals surface area contributed by atoms with Crippen LogP contribution in [0.4, 0.5) is 4.39 Å². The lowest BCUT2D eigenvalue weighted by molar-refractivity contribution is 0.222. The zero-order chi connectivity index (χ0) is 13.9. The third-order valence-corrected chi connectivity index (χ3v) is 3.84. The largest absolute Gasteiger partial charge is 0.271 e. The van der Waals surface area contributed by atoms with Gasteiger partial charge in [-0.05, 0) is 29.9 Å². The molecule has 3 N–H and O–H groups in total. The standard InChI is InChI=1S/C14H22ClFN2/c1-9(14(2,3)4)7-13(18-17)11-6-5-10(15)8-12(11)16/h5-6,8-9,13,18H,7,17H2,1-4H3. The summed E-state index contributed by atoms with van der Waals surface area (Å²) in [5.74, 6) is 5.65. The molecule has 0 aliphatic rings. The van der Waals surface area contributed by atoms with Crippen molar-refractivity contribution in [1.29, 1.82) is 0 Å². The fourth-order valence-corrected chi connectivity index (χ4v) is 1.93. The Hall–Kier alpha value is -0.640. The maximum absolute atomic E-state index is 13.9. The first kappa shape index (κ1) is 15.4. The molecule has 0 spiro atoms. The van der Waals surface area contributed by atoms with Gasteiger partial charge in [0.25, 0.3) is 0 Å². The van der Waals surface area contributed by atoms with E-state index in [-0.39, 0.29) is 17.3 Å². The summed E-state index contributed by atoms with van der Waals surface area (Å²) in [6.45, 7) is 8.66. The molecule has 0 bridgehead atoms. The molecule has 0 saturated heterocycles. The number of nitrogens with two attached hydrogens (primary N) is 1. The molecule has 0 fully saturated rings. The predicted molar refractivity (Wildman–Crippen MR) is 74.7 cm³/mol. The SMILES string of the molecule is CC(CC(NN)c1ccc(Cl)cc1F)C(C)(C)C. The van der Waals surface area contributed by atoms with E-state index in [1.54, 1.807) is 12.1 Å². The monoisotopic (exact) mass is 272 g/mol. The molecule has 1 aromatic rings. The van der Waals surface area contributed by atoms with Gasteiger partial charge < -0.3 is 0 Å². The fraction of sp³-hybridized carbons (Fsp3) is 0.571. The van der Waals surface area contributed by atoms with Crippen LogP contribution >= 0.6 is 11.6 Å². The summed E-state index contributed by atoms with van der Waals surface area (Å²) < 4.78 is 13.9. The summed E-state index contributed by atoms with van der Waals surface area (Å²) >= 11 is 5.75. The van der Waals surface area contributed by atoms with Crippen molar-refractivity contribution >= 4 is 11.6 Å². The number of hydrogen-bond donors (Lipinski definition) is 2. The Balaban J connectivity index is 2.90. The van der Waals surface area contributed by atoms with Crippen molar-refractivity contribution in [2.75, 3.05) is 0 Å². The topological polar surface area (TPSA) is 38.0 Å². The van der Waals surface area contributed by atoms with Crippen LogP contribution in [-0.4, -0.2) is 0 Å². The molecule has 0 heterocycles. The second-order valence-corrected chi connectivity index (χ2v) is 6.32. The quantitative estimate of drug-likeness (QED) is 0.641. The van der Waals surface area contributed by atoms with Crippen LogP contribution in [0.3, 0.4) is 0 Å². The normalized spacial score (nSPS) is 15.5. The zero-order valence-corrected chi connectivity index (χ0v) is 12.2. The number of nitrogens with one attached hydrogen (secondary N) is 1. The smallest absolute Gasteiger partial charge is 0.129 e. The van der Waals surface area contributed by atoms with Crippen molar-refractivity contribution in [1.82, 2.24) is 5.43 Å². The molecule has 0 radical (unpaired) electrons. The summed E-state index contributed by atoms with van der Waals surface area (Å²) in [5.41, 5.74) is 3.43. The molecular weight excluding hydrogens is 251 g/mol. The number of benzene rings is 1. The first-order valence-corrected chi connectivity index (χ1v) is 6.54. The van der Waals surface area contributed by atoms with Gasteiger partial charge in [-0.2, -0.15) is 0 Å². The van der Waals surface area contributed by atoms with E-state index in [1.165, 1.54) is 6.07 Å². The van der Waals surface area contributed by atoms with Crippen molar-refractivity contribution in [3.05, 3.63) is 34.6 Å². The van der Waals surface area contributed by atoms with Crippen molar-refractivity contribution < 1.29 is 4.39 Å². The molecule has 18 heavy (non-hydrogen) atoms. The second kappa shape index (κ2) is 6.00. The van der Waals surface area contributed by atoms with Crippen LogP contribution in [0.1, 0.15) is 45.7 Å². The van der Waals surface area contributed by atoms with Crippen LogP contribution < -0.4 is 11.3 Å². The minimum Gasteiger partial charge on any atom is -0.271 e. The van der Waals surface area contributed by atoms with E-state index >= 15 is 0 Å². The fourth-order valence-electron chi connectivity index (χ4n) is 1.78. The van der Waals surface area contributed by atoms with Gasteiger partial charge in [0.15, 0.2) is 0 Å². The molecule has 102 valence electrons. The molecule has 2 nitrogen and oxygen atoms in total. The number of hydrazine groups is 1. The Labute approximate surface area is 114 Å². The highest BCUT2D eigenvalue weighted by Crippen LogP contribution is 2.34. The molecule has 2 unspecified atom stereocenters. The van der Waals surface area contributed by atoms with E-state index < -0.39 is 0 Å². The molecule has 1 rings (SSSR count). The van der Waals surface area contributed by atoms with Gasteiger partial charge in [-0.15, -0.1) is 0 Å². The lowest BCUT2D eigenvalue weighted by Crippen LogP contribution is -2.32. The van der Waals surface area contributed by atoms with E-state index in [0.29, 0.717) is 16.5 Å². The van der Waals surface area contributed by atoms with Gasteiger partial charge >= 0.3 is 0 Å². The van der Waals surface area contributed by atoms with Crippen molar-refractivity contribution in [2.24, 2.45) is 17.2 Å². The molecule has 0 aliphatic carbocycles. The maximum Gasteiger partial charge on any atom is 0.129 e. The molecule has 0 amide bonds. The van der Waals surface area contributed by atoms with Crippen LogP contribution in [-0.2, 0) is 0 Å². The van der Waals surface area contributed by atoms with E-state index in [2.05, 4.69) is 33.1 Å². The van der Waals surface area contributed by atoms with Gasteiger partial charge in [0, 0.05) is 16.6 Å². The first-order valence-electron chi connectivity index (χ1n) is 6.16. The Kier molecular flexibility index (Phi) is 5.14. The van der Waals surface area contributed by atoms with Crippen LogP contribution in [0.2, 0.25) is 5.02 Å². The second-order valence-electron chi connectivity index (χ2n) is 5.89. The molecule has 2 atom stereocenters. The van der Waals surface area contributed by atoms with Gasteiger partial charge in [-0.1, -0.05) is 45.4 Å². The van der Waals surface area contributed by atoms with Crippen LogP contribution in [0, 0.1) is 17.2 Å². The summed E-state index contributed by atoms with van der Waals surface area (Å²) in [6.07, 6.45) is 0.776. The van der Waals surface area contributed by atoms with Crippen LogP contribution in [0.25, 0.3) is 0 Å². The molecule has 1 aromatic carbocycles. The van der Waals surface area contributed by atoms with Gasteiger partial charge in [-0.25, -0.2) is 4.39 Å². The van der Waals surface area contributed by atoms with Crippen LogP contribution in [0.15, 0.2) is 18.2 Å². The Morgan fingerprint density at radius 3 is 2.44 bits per heavy atom. The van der Waals surface area contributed by atoms with Crippen LogP contribution in [0.5, 0.6) is 0 Å². The third-order valence-electron chi connectivity index (χ3n) is 3.61. The van der Waals surface area contributed by atoms with E-state index in [1.807, 2.05) is 0 Å². The summed E-state index contributed by atoms with van der Waals surface area (Å²) in [6, 6.07) is 4.50. The predicted octanol–water partition coefficient (Wildman–Crippen LogP) is 4.06. The summed E-state index contributed by atoms with van der Waals surface area (Å²) in [5, 5.41) is 0.399. The minimum absolute atomic E-state index is 0.165. The summed E-state index contributed by atoms with van der Waals surface area (Å²) in [4.78, 5) is 0. The molecule has 0 aromatic heterocycles. The number of halogens is 2. The maximum atomic E-state index is 13.9. The Morgan fingerprint density at radius 1 is 1.39 bits per heavy atom. The van der Waals surface area contributed by atoms with Crippen molar-refractivity contribution in [2.45, 2.75) is 40.2 Å². The highest BCUT2D eigenvalue weighted by molar-refractivity contribution is 6.30. The van der Waals surface area contributed by atoms with Gasteiger partial charge in [0.05, 0.1) is 0 Å². The van der Waals surface area contributed by atoms with Crippen molar-refractivity contribution in [3.63, 3.8) is 0 Å². The zero-order valence-electron chi connectivity index (χ0n) is 11.4. The number of hydrogen-bond acceptors (Lipinski definition) is 2. The first-order chi connectivity index (χ1) is 8.25. The molecule has 0 aliphatic heterocycles. The van der Waals surface area contributed by atoms with E-state index in [0.717, 1.165) is 6.42 Å². The van der Waals surface area contributed by atoms with E-state index in [9.17, 15) is 4.39 Å². The molecule has 0 saturated carbocycles. The highest BCUT2D eigenvalue weighted by atomic mass is 35.5. The van der Waals surface area contributed by atoms with Gasteiger partial charge in [-0.3, -0.25) is 11.3 Å². The highest BCUT2D eigenvalue weighted by Gasteiger charge is 2.25. The average Bonchev–Trinajstić information content (AvgIpc) is 2.25. The number of rotatable bonds is 4. The molecule has 4 heteroatoms. The summed E-state index contributed by atoms with van der Waals surface area (Å²) in [7, 11) is 0. The Morgan fingerprint density at radius 2 is 2.00 bits per heavy atom. The average molecular weight is 273 g/mol. The third kappa shape index (κ3) is 3.94. The Bertz CT molecular complexity index is 401. The van der Waals surface area contributed by atoms with Gasteiger partial charge in [0.2, 0.25) is 0 Å². The lowest BCUT2D eigenvalue weighted by atomic mass is 9.77.